The number of nitrogens with two attached hydrogens (primary N) is 1. The Morgan fingerprint density at radius 2 is 1.69 bits per heavy atom. The Morgan fingerprint density at radius 3 is 2.31 bits per heavy atom. The molecule has 1 fully saturated rings. The second-order valence-electron chi connectivity index (χ2n) is 9.09. The summed E-state index contributed by atoms with van der Waals surface area (Å²) in [4.78, 5) is 37.7. The first kappa shape index (κ1) is 31.7. The van der Waals surface area contributed by atoms with Crippen molar-refractivity contribution in [3.8, 4) is 5.75 Å². The first-order valence-corrected chi connectivity index (χ1v) is 13.6. The molecule has 2 aromatic rings. The van der Waals surface area contributed by atoms with Crippen LogP contribution in [0.2, 0.25) is 5.02 Å². The fraction of sp³-hybridized carbons (Fsp3) is 0.433. The highest BCUT2D eigenvalue weighted by Gasteiger charge is 2.32. The molecule has 3 unspecified atom stereocenters. The molecule has 1 aliphatic rings. The van der Waals surface area contributed by atoms with E-state index in [9.17, 15) is 14.4 Å². The minimum Gasteiger partial charge on any atom is -0.493 e. The van der Waals surface area contributed by atoms with Crippen LogP contribution in [0, 0.1) is 11.8 Å². The Hall–Kier alpha value is -3.52. The average Bonchev–Trinajstić information content (AvgIpc) is 2.95. The third-order valence-corrected chi connectivity index (χ3v) is 6.81. The summed E-state index contributed by atoms with van der Waals surface area (Å²) in [5.74, 6) is -0.168. The van der Waals surface area contributed by atoms with Gasteiger partial charge >= 0.3 is 12.1 Å². The van der Waals surface area contributed by atoms with E-state index >= 15 is 0 Å². The third kappa shape index (κ3) is 9.03. The first-order chi connectivity index (χ1) is 18.7. The van der Waals surface area contributed by atoms with E-state index in [0.29, 0.717) is 28.5 Å². The van der Waals surface area contributed by atoms with E-state index in [4.69, 9.17) is 31.5 Å². The number of methoxy groups -OCH3 is 1. The van der Waals surface area contributed by atoms with Gasteiger partial charge in [-0.25, -0.2) is 4.79 Å². The summed E-state index contributed by atoms with van der Waals surface area (Å²) in [6.07, 6.45) is 2.29. The first-order valence-electron chi connectivity index (χ1n) is 13.2. The number of ketones is 1. The lowest BCUT2D eigenvalue weighted by Gasteiger charge is -2.29. The maximum Gasteiger partial charge on any atom is 0.412 e. The normalized spacial score (nSPS) is 17.9. The van der Waals surface area contributed by atoms with Crippen molar-refractivity contribution in [2.24, 2.45) is 17.6 Å². The molecule has 0 heterocycles. The number of carbonyl (C=O) groups excluding carboxylic acids is 3. The van der Waals surface area contributed by atoms with Crippen LogP contribution in [-0.4, -0.2) is 31.6 Å². The van der Waals surface area contributed by atoms with E-state index in [2.05, 4.69) is 5.32 Å². The van der Waals surface area contributed by atoms with Crippen molar-refractivity contribution < 1.29 is 28.6 Å². The van der Waals surface area contributed by atoms with Crippen LogP contribution < -0.4 is 15.8 Å². The number of ether oxygens (including phenoxy) is 3. The zero-order valence-electron chi connectivity index (χ0n) is 23.3. The van der Waals surface area contributed by atoms with Crippen LogP contribution in [-0.2, 0) is 14.3 Å². The number of carbonyl (C=O) groups is 3. The van der Waals surface area contributed by atoms with Crippen LogP contribution in [0.5, 0.6) is 5.75 Å². The van der Waals surface area contributed by atoms with E-state index in [1.807, 2.05) is 13.8 Å². The van der Waals surface area contributed by atoms with Gasteiger partial charge < -0.3 is 19.9 Å². The molecule has 2 aromatic carbocycles. The molecule has 0 aliphatic heterocycles. The lowest BCUT2D eigenvalue weighted by atomic mass is 9.80. The van der Waals surface area contributed by atoms with Crippen LogP contribution >= 0.6 is 11.6 Å². The minimum atomic E-state index is -0.826. The van der Waals surface area contributed by atoms with Gasteiger partial charge in [0.2, 0.25) is 5.78 Å². The summed E-state index contributed by atoms with van der Waals surface area (Å²) in [6, 6.07) is 13.6. The molecule has 39 heavy (non-hydrogen) atoms. The van der Waals surface area contributed by atoms with Gasteiger partial charge in [0.25, 0.3) is 0 Å². The number of allylic oxidation sites excluding steroid dienone is 2. The van der Waals surface area contributed by atoms with Crippen LogP contribution in [0.4, 0.5) is 4.79 Å². The highest BCUT2D eigenvalue weighted by Crippen LogP contribution is 2.32. The number of amides is 1. The number of esters is 1. The Balaban J connectivity index is 0.00000260. The van der Waals surface area contributed by atoms with Crippen LogP contribution in [0.15, 0.2) is 59.9 Å². The molecule has 0 spiro atoms. The summed E-state index contributed by atoms with van der Waals surface area (Å²) < 4.78 is 16.3. The van der Waals surface area contributed by atoms with Gasteiger partial charge in [-0.3, -0.25) is 14.9 Å². The molecular weight excluding hydrogens is 520 g/mol. The van der Waals surface area contributed by atoms with Crippen molar-refractivity contribution in [3.05, 3.63) is 76.1 Å². The minimum absolute atomic E-state index is 0.0758. The topological polar surface area (TPSA) is 117 Å². The number of benzene rings is 2. The van der Waals surface area contributed by atoms with Gasteiger partial charge in [0.05, 0.1) is 19.6 Å². The molecule has 0 bridgehead atoms. The lowest BCUT2D eigenvalue weighted by Crippen LogP contribution is -2.32. The average molecular weight is 559 g/mol. The zero-order valence-corrected chi connectivity index (χ0v) is 24.0. The number of Topliss-reactive ketones (excluding diaryl/α,β-unsaturated/α-hetero) is 1. The van der Waals surface area contributed by atoms with Gasteiger partial charge in [-0.2, -0.15) is 0 Å². The maximum absolute atomic E-state index is 13.1. The predicted octanol–water partition coefficient (Wildman–Crippen LogP) is 6.58. The zero-order chi connectivity index (χ0) is 28.9. The van der Waals surface area contributed by atoms with Gasteiger partial charge in [0, 0.05) is 27.8 Å². The van der Waals surface area contributed by atoms with Gasteiger partial charge in [0.1, 0.15) is 17.6 Å². The second kappa shape index (κ2) is 15.8. The predicted molar refractivity (Wildman–Crippen MR) is 151 cm³/mol. The molecule has 0 aromatic heterocycles. The molecule has 3 atom stereocenters. The van der Waals surface area contributed by atoms with E-state index in [1.54, 1.807) is 55.5 Å². The summed E-state index contributed by atoms with van der Waals surface area (Å²) in [5, 5.41) is 2.93. The van der Waals surface area contributed by atoms with Crippen molar-refractivity contribution in [1.29, 1.82) is 0 Å². The SMILES string of the molecule is CC.COC(=O)C1CCCCC1COc1ccc(C(=O)/C(NC(=O)OC(C)c2ccccc2Cl)=C(/C)N)cc1. The number of hydrogen-bond donors (Lipinski definition) is 2. The smallest absolute Gasteiger partial charge is 0.412 e. The van der Waals surface area contributed by atoms with Crippen LogP contribution in [0.3, 0.4) is 0 Å². The fourth-order valence-corrected chi connectivity index (χ4v) is 4.70. The molecule has 1 aliphatic carbocycles. The lowest BCUT2D eigenvalue weighted by molar-refractivity contribution is -0.149. The molecule has 9 heteroatoms. The highest BCUT2D eigenvalue weighted by molar-refractivity contribution is 6.31. The van der Waals surface area contributed by atoms with E-state index in [0.717, 1.165) is 25.7 Å². The van der Waals surface area contributed by atoms with Crippen molar-refractivity contribution in [2.45, 2.75) is 59.5 Å². The number of hydrogen-bond acceptors (Lipinski definition) is 7. The summed E-state index contributed by atoms with van der Waals surface area (Å²) in [7, 11) is 1.41. The van der Waals surface area contributed by atoms with Crippen molar-refractivity contribution in [1.82, 2.24) is 5.32 Å². The number of halogens is 1. The Kier molecular flexibility index (Phi) is 12.8. The molecule has 8 nitrogen and oxygen atoms in total. The van der Waals surface area contributed by atoms with Gasteiger partial charge in [-0.05, 0) is 57.0 Å². The summed E-state index contributed by atoms with van der Waals surface area (Å²) in [6.45, 7) is 7.59. The standard InChI is InChI=1S/C28H33ClN2O6.C2H6/c1-17(30)25(31-28(34)37-18(2)22-9-6-7-11-24(22)29)26(32)19-12-14-21(15-13-19)36-16-20-8-4-5-10-23(20)27(33)35-3;1-2/h6-7,9,11-15,18,20,23H,4-5,8,10,16,30H2,1-3H3,(H,31,34);1-2H3/b25-17+;. The molecule has 1 saturated carbocycles. The van der Waals surface area contributed by atoms with E-state index in [-0.39, 0.29) is 29.2 Å². The summed E-state index contributed by atoms with van der Waals surface area (Å²) >= 11 is 6.17. The van der Waals surface area contributed by atoms with Crippen molar-refractivity contribution in [2.75, 3.05) is 13.7 Å². The fourth-order valence-electron chi connectivity index (χ4n) is 4.41. The molecule has 212 valence electrons. The highest BCUT2D eigenvalue weighted by atomic mass is 35.5. The number of nitrogens with one attached hydrogen (secondary N) is 1. The van der Waals surface area contributed by atoms with Crippen LogP contribution in [0.25, 0.3) is 0 Å². The van der Waals surface area contributed by atoms with Crippen LogP contribution in [0.1, 0.15) is 75.4 Å². The Bertz CT molecular complexity index is 1140. The molecular formula is C30H39ClN2O6. The van der Waals surface area contributed by atoms with E-state index in [1.165, 1.54) is 14.0 Å². The largest absolute Gasteiger partial charge is 0.493 e. The quantitative estimate of drug-likeness (QED) is 0.203. The Labute approximate surface area is 235 Å². The van der Waals surface area contributed by atoms with Gasteiger partial charge in [0.15, 0.2) is 0 Å². The van der Waals surface area contributed by atoms with Gasteiger partial charge in [-0.1, -0.05) is 56.5 Å². The van der Waals surface area contributed by atoms with Crippen molar-refractivity contribution >= 4 is 29.4 Å². The van der Waals surface area contributed by atoms with Crippen molar-refractivity contribution in [3.63, 3.8) is 0 Å². The molecule has 3 N–H and O–H groups in total. The molecule has 0 radical (unpaired) electrons. The molecule has 0 saturated heterocycles. The van der Waals surface area contributed by atoms with Gasteiger partial charge in [-0.15, -0.1) is 0 Å². The third-order valence-electron chi connectivity index (χ3n) is 6.47. The monoisotopic (exact) mass is 558 g/mol. The summed E-state index contributed by atoms with van der Waals surface area (Å²) in [5.41, 5.74) is 6.92. The van der Waals surface area contributed by atoms with E-state index < -0.39 is 18.0 Å². The molecule has 3 rings (SSSR count). The maximum atomic E-state index is 13.1. The number of alkyl carbamates (subject to hydrolysis) is 1. The molecule has 1 amide bonds. The Morgan fingerprint density at radius 1 is 1.05 bits per heavy atom. The second-order valence-corrected chi connectivity index (χ2v) is 9.50. The number of rotatable bonds is 9.